The fraction of sp³-hybridized carbons (Fsp3) is 0.533. The Morgan fingerprint density at radius 1 is 1.45 bits per heavy atom. The van der Waals surface area contributed by atoms with Crippen molar-refractivity contribution in [2.45, 2.75) is 33.2 Å². The lowest BCUT2D eigenvalue weighted by molar-refractivity contribution is 0.0526. The van der Waals surface area contributed by atoms with Gasteiger partial charge in [0.25, 0.3) is 0 Å². The van der Waals surface area contributed by atoms with E-state index in [1.54, 1.807) is 19.1 Å². The molecule has 5 nitrogen and oxygen atoms in total. The molecular formula is C15H24N2O3. The minimum atomic E-state index is -0.364. The minimum absolute atomic E-state index is 0.143. The maximum atomic E-state index is 11.7. The quantitative estimate of drug-likeness (QED) is 0.590. The molecule has 1 aromatic carbocycles. The van der Waals surface area contributed by atoms with Gasteiger partial charge < -0.3 is 20.5 Å². The van der Waals surface area contributed by atoms with E-state index >= 15 is 0 Å². The summed E-state index contributed by atoms with van der Waals surface area (Å²) in [6.07, 6.45) is 0.678. The predicted molar refractivity (Wildman–Crippen MR) is 81.0 cm³/mol. The van der Waals surface area contributed by atoms with Crippen molar-refractivity contribution in [1.82, 2.24) is 0 Å². The average molecular weight is 280 g/mol. The van der Waals surface area contributed by atoms with Crippen LogP contribution in [0.5, 0.6) is 0 Å². The van der Waals surface area contributed by atoms with Gasteiger partial charge in [0.15, 0.2) is 0 Å². The third-order valence-corrected chi connectivity index (χ3v) is 3.03. The van der Waals surface area contributed by atoms with Crippen molar-refractivity contribution in [3.05, 3.63) is 23.8 Å². The largest absolute Gasteiger partial charge is 0.462 e. The number of nitrogens with two attached hydrogens (primary N) is 1. The van der Waals surface area contributed by atoms with E-state index in [0.717, 1.165) is 12.2 Å². The lowest BCUT2D eigenvalue weighted by atomic mass is 10.1. The van der Waals surface area contributed by atoms with Crippen molar-refractivity contribution in [3.63, 3.8) is 0 Å². The van der Waals surface area contributed by atoms with Gasteiger partial charge in [-0.2, -0.15) is 0 Å². The smallest absolute Gasteiger partial charge is 0.338 e. The molecule has 0 saturated heterocycles. The van der Waals surface area contributed by atoms with Gasteiger partial charge >= 0.3 is 5.97 Å². The summed E-state index contributed by atoms with van der Waals surface area (Å²) in [5, 5.41) is 8.97. The number of carbonyl (C=O) groups excluding carboxylic acids is 1. The molecule has 0 heterocycles. The van der Waals surface area contributed by atoms with E-state index in [4.69, 9.17) is 15.6 Å². The van der Waals surface area contributed by atoms with Gasteiger partial charge in [0, 0.05) is 19.2 Å². The summed E-state index contributed by atoms with van der Waals surface area (Å²) in [7, 11) is 0. The van der Waals surface area contributed by atoms with Crippen molar-refractivity contribution in [3.8, 4) is 0 Å². The maximum absolute atomic E-state index is 11.7. The van der Waals surface area contributed by atoms with E-state index in [9.17, 15) is 4.79 Å². The molecule has 0 unspecified atom stereocenters. The second-order valence-corrected chi connectivity index (χ2v) is 4.86. The van der Waals surface area contributed by atoms with E-state index < -0.39 is 0 Å². The topological polar surface area (TPSA) is 75.8 Å². The maximum Gasteiger partial charge on any atom is 0.338 e. The summed E-state index contributed by atoms with van der Waals surface area (Å²) in [6.45, 7) is 7.10. The Morgan fingerprint density at radius 3 is 2.65 bits per heavy atom. The first-order chi connectivity index (χ1) is 9.51. The molecular weight excluding hydrogens is 256 g/mol. The third-order valence-electron chi connectivity index (χ3n) is 3.03. The van der Waals surface area contributed by atoms with E-state index in [1.165, 1.54) is 0 Å². The Balaban J connectivity index is 2.97. The van der Waals surface area contributed by atoms with E-state index in [0.29, 0.717) is 24.3 Å². The van der Waals surface area contributed by atoms with Crippen LogP contribution in [0.1, 0.15) is 37.6 Å². The highest BCUT2D eigenvalue weighted by atomic mass is 16.5. The molecule has 0 atom stereocenters. The van der Waals surface area contributed by atoms with Gasteiger partial charge in [-0.25, -0.2) is 4.79 Å². The number of benzene rings is 1. The van der Waals surface area contributed by atoms with E-state index in [-0.39, 0.29) is 18.6 Å². The number of hydrogen-bond donors (Lipinski definition) is 2. The Bertz CT molecular complexity index is 447. The number of rotatable bonds is 7. The molecule has 0 bridgehead atoms. The van der Waals surface area contributed by atoms with Crippen molar-refractivity contribution >= 4 is 17.3 Å². The Kier molecular flexibility index (Phi) is 6.31. The molecule has 0 aliphatic carbocycles. The number of aliphatic hydroxyl groups is 1. The number of aliphatic hydroxyl groups excluding tert-OH is 1. The number of nitrogens with zero attached hydrogens (tertiary/aromatic N) is 1. The highest BCUT2D eigenvalue weighted by Crippen LogP contribution is 2.26. The van der Waals surface area contributed by atoms with Crippen LogP contribution < -0.4 is 10.6 Å². The molecule has 5 heteroatoms. The summed E-state index contributed by atoms with van der Waals surface area (Å²) in [5.74, 6) is -0.364. The zero-order chi connectivity index (χ0) is 15.1. The third kappa shape index (κ3) is 4.13. The summed E-state index contributed by atoms with van der Waals surface area (Å²) in [5.41, 5.74) is 7.93. The Morgan fingerprint density at radius 2 is 2.15 bits per heavy atom. The van der Waals surface area contributed by atoms with Crippen LogP contribution in [-0.4, -0.2) is 36.9 Å². The molecule has 1 aromatic rings. The number of hydrogen-bond acceptors (Lipinski definition) is 5. The summed E-state index contributed by atoms with van der Waals surface area (Å²) in [6, 6.07) is 5.45. The van der Waals surface area contributed by atoms with Crippen LogP contribution in [0.4, 0.5) is 11.4 Å². The number of ether oxygens (including phenoxy) is 1. The molecule has 0 amide bonds. The van der Waals surface area contributed by atoms with Crippen molar-refractivity contribution in [1.29, 1.82) is 0 Å². The molecule has 0 spiro atoms. The molecule has 3 N–H and O–H groups in total. The Labute approximate surface area is 120 Å². The number of carbonyl (C=O) groups is 1. The fourth-order valence-electron chi connectivity index (χ4n) is 2.06. The SMILES string of the molecule is CCOC(=O)c1ccc(N(CCCO)C(C)C)c(N)c1. The standard InChI is InChI=1S/C15H24N2O3/c1-4-20-15(19)12-6-7-14(13(16)10-12)17(11(2)3)8-5-9-18/h6-7,10-11,18H,4-5,8-9,16H2,1-3H3. The predicted octanol–water partition coefficient (Wildman–Crippen LogP) is 2.04. The number of esters is 1. The van der Waals surface area contributed by atoms with Gasteiger partial charge in [0.05, 0.1) is 23.5 Å². The first-order valence-electron chi connectivity index (χ1n) is 6.95. The van der Waals surface area contributed by atoms with Crippen molar-refractivity contribution < 1.29 is 14.6 Å². The highest BCUT2D eigenvalue weighted by molar-refractivity contribution is 5.92. The van der Waals surface area contributed by atoms with Crippen LogP contribution in [0, 0.1) is 0 Å². The van der Waals surface area contributed by atoms with Crippen LogP contribution in [0.25, 0.3) is 0 Å². The summed E-state index contributed by atoms with van der Waals surface area (Å²) >= 11 is 0. The average Bonchev–Trinajstić information content (AvgIpc) is 2.40. The molecule has 0 aliphatic rings. The highest BCUT2D eigenvalue weighted by Gasteiger charge is 2.15. The molecule has 0 aromatic heterocycles. The van der Waals surface area contributed by atoms with Gasteiger partial charge in [0.1, 0.15) is 0 Å². The zero-order valence-electron chi connectivity index (χ0n) is 12.4. The van der Waals surface area contributed by atoms with E-state index in [1.807, 2.05) is 6.07 Å². The lowest BCUT2D eigenvalue weighted by Gasteiger charge is -2.30. The van der Waals surface area contributed by atoms with Gasteiger partial charge in [-0.3, -0.25) is 0 Å². The fourth-order valence-corrected chi connectivity index (χ4v) is 2.06. The lowest BCUT2D eigenvalue weighted by Crippen LogP contribution is -2.32. The molecule has 0 fully saturated rings. The second-order valence-electron chi connectivity index (χ2n) is 4.86. The van der Waals surface area contributed by atoms with Gasteiger partial charge in [-0.15, -0.1) is 0 Å². The van der Waals surface area contributed by atoms with Crippen LogP contribution in [0.3, 0.4) is 0 Å². The summed E-state index contributed by atoms with van der Waals surface area (Å²) in [4.78, 5) is 13.8. The number of anilines is 2. The van der Waals surface area contributed by atoms with Gasteiger partial charge in [0.2, 0.25) is 0 Å². The molecule has 0 saturated carbocycles. The van der Waals surface area contributed by atoms with Crippen LogP contribution in [-0.2, 0) is 4.74 Å². The molecule has 0 radical (unpaired) electrons. The minimum Gasteiger partial charge on any atom is -0.462 e. The first-order valence-corrected chi connectivity index (χ1v) is 6.95. The molecule has 112 valence electrons. The van der Waals surface area contributed by atoms with Gasteiger partial charge in [-0.1, -0.05) is 0 Å². The normalized spacial score (nSPS) is 10.7. The summed E-state index contributed by atoms with van der Waals surface area (Å²) < 4.78 is 4.95. The molecule has 0 aliphatic heterocycles. The first kappa shape index (κ1) is 16.3. The number of nitrogen functional groups attached to an aromatic ring is 1. The Hall–Kier alpha value is -1.75. The monoisotopic (exact) mass is 280 g/mol. The van der Waals surface area contributed by atoms with Crippen LogP contribution >= 0.6 is 0 Å². The van der Waals surface area contributed by atoms with Gasteiger partial charge in [-0.05, 0) is 45.4 Å². The van der Waals surface area contributed by atoms with Crippen molar-refractivity contribution in [2.75, 3.05) is 30.4 Å². The molecule has 20 heavy (non-hydrogen) atoms. The molecule has 1 rings (SSSR count). The van der Waals surface area contributed by atoms with Crippen molar-refractivity contribution in [2.24, 2.45) is 0 Å². The van der Waals surface area contributed by atoms with Crippen LogP contribution in [0.2, 0.25) is 0 Å². The zero-order valence-corrected chi connectivity index (χ0v) is 12.4. The van der Waals surface area contributed by atoms with Crippen LogP contribution in [0.15, 0.2) is 18.2 Å². The second kappa shape index (κ2) is 7.75. The van der Waals surface area contributed by atoms with E-state index in [2.05, 4.69) is 18.7 Å².